The molecule has 1 aliphatic rings. The third kappa shape index (κ3) is 2.27. The van der Waals surface area contributed by atoms with Crippen molar-refractivity contribution in [1.29, 1.82) is 0 Å². The minimum Gasteiger partial charge on any atom is -0.368 e. The number of nitrogens with zero attached hydrogens (tertiary/aromatic N) is 1. The van der Waals surface area contributed by atoms with Crippen molar-refractivity contribution in [2.45, 2.75) is 18.9 Å². The van der Waals surface area contributed by atoms with E-state index >= 15 is 0 Å². The number of hydrogen-bond acceptors (Lipinski definition) is 2. The summed E-state index contributed by atoms with van der Waals surface area (Å²) in [5.74, 6) is -1.15. The maximum atomic E-state index is 12.7. The molecule has 1 heterocycles. The second-order valence-electron chi connectivity index (χ2n) is 4.07. The van der Waals surface area contributed by atoms with E-state index in [0.717, 1.165) is 6.42 Å². The van der Waals surface area contributed by atoms with Gasteiger partial charge >= 0.3 is 0 Å². The summed E-state index contributed by atoms with van der Waals surface area (Å²) in [6.07, 6.45) is 1.36. The van der Waals surface area contributed by atoms with Crippen LogP contribution in [-0.4, -0.2) is 29.3 Å². The molecular formula is C12H13FN2O2. The molecule has 0 saturated carbocycles. The Balaban J connectivity index is 2.19. The molecule has 0 aliphatic carbocycles. The van der Waals surface area contributed by atoms with Crippen LogP contribution in [0.4, 0.5) is 4.39 Å². The molecule has 1 atom stereocenters. The molecule has 0 unspecified atom stereocenters. The Morgan fingerprint density at radius 2 is 1.94 bits per heavy atom. The van der Waals surface area contributed by atoms with E-state index in [4.69, 9.17) is 5.73 Å². The second-order valence-corrected chi connectivity index (χ2v) is 4.07. The van der Waals surface area contributed by atoms with E-state index in [1.807, 2.05) is 0 Å². The summed E-state index contributed by atoms with van der Waals surface area (Å²) in [7, 11) is 0. The zero-order chi connectivity index (χ0) is 12.4. The van der Waals surface area contributed by atoms with Crippen molar-refractivity contribution >= 4 is 11.8 Å². The molecule has 2 amide bonds. The fourth-order valence-corrected chi connectivity index (χ4v) is 2.06. The van der Waals surface area contributed by atoms with E-state index < -0.39 is 17.8 Å². The first-order chi connectivity index (χ1) is 8.09. The van der Waals surface area contributed by atoms with Crippen molar-refractivity contribution < 1.29 is 14.0 Å². The topological polar surface area (TPSA) is 63.4 Å². The van der Waals surface area contributed by atoms with Crippen LogP contribution in [0.15, 0.2) is 24.3 Å². The third-order valence-electron chi connectivity index (χ3n) is 2.93. The fraction of sp³-hybridized carbons (Fsp3) is 0.333. The highest BCUT2D eigenvalue weighted by Gasteiger charge is 2.32. The van der Waals surface area contributed by atoms with Crippen LogP contribution < -0.4 is 5.73 Å². The molecule has 0 radical (unpaired) electrons. The number of carbonyl (C=O) groups is 2. The van der Waals surface area contributed by atoms with Gasteiger partial charge in [-0.3, -0.25) is 9.59 Å². The molecule has 1 aromatic rings. The van der Waals surface area contributed by atoms with Crippen molar-refractivity contribution in [3.05, 3.63) is 35.6 Å². The van der Waals surface area contributed by atoms with Crippen LogP contribution in [0.3, 0.4) is 0 Å². The molecule has 4 nitrogen and oxygen atoms in total. The van der Waals surface area contributed by atoms with Gasteiger partial charge in [-0.25, -0.2) is 4.39 Å². The van der Waals surface area contributed by atoms with Gasteiger partial charge in [0.1, 0.15) is 11.9 Å². The van der Waals surface area contributed by atoms with Gasteiger partial charge < -0.3 is 10.6 Å². The summed E-state index contributed by atoms with van der Waals surface area (Å²) >= 11 is 0. The van der Waals surface area contributed by atoms with E-state index in [1.165, 1.54) is 29.2 Å². The van der Waals surface area contributed by atoms with E-state index in [9.17, 15) is 14.0 Å². The lowest BCUT2D eigenvalue weighted by atomic mass is 10.1. The van der Waals surface area contributed by atoms with E-state index in [-0.39, 0.29) is 5.91 Å². The Bertz CT molecular complexity index is 444. The molecule has 2 N–H and O–H groups in total. The monoisotopic (exact) mass is 236 g/mol. The van der Waals surface area contributed by atoms with E-state index in [1.54, 1.807) is 0 Å². The molecule has 5 heteroatoms. The Hall–Kier alpha value is -1.91. The summed E-state index contributed by atoms with van der Waals surface area (Å²) in [6, 6.07) is 4.74. The second kappa shape index (κ2) is 4.53. The molecule has 0 aromatic heterocycles. The molecule has 1 aliphatic heterocycles. The van der Waals surface area contributed by atoms with Crippen LogP contribution in [0.25, 0.3) is 0 Å². The molecule has 2 rings (SSSR count). The zero-order valence-corrected chi connectivity index (χ0v) is 9.23. The van der Waals surface area contributed by atoms with Crippen LogP contribution >= 0.6 is 0 Å². The zero-order valence-electron chi connectivity index (χ0n) is 9.23. The number of amides is 2. The van der Waals surface area contributed by atoms with Gasteiger partial charge in [0.25, 0.3) is 5.91 Å². The van der Waals surface area contributed by atoms with Crippen molar-refractivity contribution in [2.24, 2.45) is 5.73 Å². The molecule has 1 aromatic carbocycles. The van der Waals surface area contributed by atoms with Gasteiger partial charge in [0.05, 0.1) is 0 Å². The Morgan fingerprint density at radius 1 is 1.29 bits per heavy atom. The van der Waals surface area contributed by atoms with Gasteiger partial charge in [0.2, 0.25) is 5.91 Å². The standard InChI is InChI=1S/C12H13FN2O2/c13-9-5-3-8(4-6-9)12(17)15-7-1-2-10(15)11(14)16/h3-6,10H,1-2,7H2,(H2,14,16)/t10-/m0/s1. The number of carbonyl (C=O) groups excluding carboxylic acids is 2. The predicted octanol–water partition coefficient (Wildman–Crippen LogP) is 0.916. The number of rotatable bonds is 2. The van der Waals surface area contributed by atoms with Gasteiger partial charge in [-0.1, -0.05) is 0 Å². The first-order valence-corrected chi connectivity index (χ1v) is 5.45. The number of hydrogen-bond donors (Lipinski definition) is 1. The van der Waals surface area contributed by atoms with Gasteiger partial charge in [-0.15, -0.1) is 0 Å². The number of primary amides is 1. The van der Waals surface area contributed by atoms with Gasteiger partial charge in [0, 0.05) is 12.1 Å². The molecule has 90 valence electrons. The Labute approximate surface area is 98.2 Å². The Kier molecular flexibility index (Phi) is 3.08. The quantitative estimate of drug-likeness (QED) is 0.829. The lowest BCUT2D eigenvalue weighted by Gasteiger charge is -2.22. The summed E-state index contributed by atoms with van der Waals surface area (Å²) in [5.41, 5.74) is 5.61. The van der Waals surface area contributed by atoms with E-state index in [2.05, 4.69) is 0 Å². The first kappa shape index (κ1) is 11.6. The number of nitrogens with two attached hydrogens (primary N) is 1. The van der Waals surface area contributed by atoms with Gasteiger partial charge in [0.15, 0.2) is 0 Å². The summed E-state index contributed by atoms with van der Waals surface area (Å²) in [4.78, 5) is 24.7. The predicted molar refractivity (Wildman–Crippen MR) is 59.7 cm³/mol. The molecule has 17 heavy (non-hydrogen) atoms. The normalized spacial score (nSPS) is 19.4. The summed E-state index contributed by atoms with van der Waals surface area (Å²) < 4.78 is 12.7. The van der Waals surface area contributed by atoms with Crippen LogP contribution in [0, 0.1) is 5.82 Å². The van der Waals surface area contributed by atoms with Gasteiger partial charge in [-0.2, -0.15) is 0 Å². The van der Waals surface area contributed by atoms with Crippen LogP contribution in [0.2, 0.25) is 0 Å². The maximum Gasteiger partial charge on any atom is 0.254 e. The number of benzene rings is 1. The molecule has 0 bridgehead atoms. The van der Waals surface area contributed by atoms with Crippen molar-refractivity contribution in [2.75, 3.05) is 6.54 Å². The van der Waals surface area contributed by atoms with Crippen LogP contribution in [-0.2, 0) is 4.79 Å². The lowest BCUT2D eigenvalue weighted by molar-refractivity contribution is -0.121. The number of likely N-dealkylation sites (tertiary alicyclic amines) is 1. The summed E-state index contributed by atoms with van der Waals surface area (Å²) in [5, 5.41) is 0. The SMILES string of the molecule is NC(=O)[C@@H]1CCCN1C(=O)c1ccc(F)cc1. The third-order valence-corrected chi connectivity index (χ3v) is 2.93. The number of halogens is 1. The minimum atomic E-state index is -0.535. The molecule has 1 fully saturated rings. The van der Waals surface area contributed by atoms with Crippen LogP contribution in [0.1, 0.15) is 23.2 Å². The first-order valence-electron chi connectivity index (χ1n) is 5.45. The maximum absolute atomic E-state index is 12.7. The van der Waals surface area contributed by atoms with Crippen molar-refractivity contribution in [3.8, 4) is 0 Å². The summed E-state index contributed by atoms with van der Waals surface area (Å²) in [6.45, 7) is 0.518. The molecule has 0 spiro atoms. The fourth-order valence-electron chi connectivity index (χ4n) is 2.06. The largest absolute Gasteiger partial charge is 0.368 e. The average molecular weight is 236 g/mol. The van der Waals surface area contributed by atoms with Crippen molar-refractivity contribution in [1.82, 2.24) is 4.90 Å². The smallest absolute Gasteiger partial charge is 0.254 e. The minimum absolute atomic E-state index is 0.272. The molecule has 1 saturated heterocycles. The van der Waals surface area contributed by atoms with Crippen LogP contribution in [0.5, 0.6) is 0 Å². The average Bonchev–Trinajstić information content (AvgIpc) is 2.78. The highest BCUT2D eigenvalue weighted by molar-refractivity contribution is 5.97. The lowest BCUT2D eigenvalue weighted by Crippen LogP contribution is -2.43. The highest BCUT2D eigenvalue weighted by Crippen LogP contribution is 2.19. The van der Waals surface area contributed by atoms with Crippen molar-refractivity contribution in [3.63, 3.8) is 0 Å². The molecular weight excluding hydrogens is 223 g/mol. The highest BCUT2D eigenvalue weighted by atomic mass is 19.1. The van der Waals surface area contributed by atoms with E-state index in [0.29, 0.717) is 18.5 Å². The van der Waals surface area contributed by atoms with Gasteiger partial charge in [-0.05, 0) is 37.1 Å². The Morgan fingerprint density at radius 3 is 2.53 bits per heavy atom.